The van der Waals surface area contributed by atoms with Gasteiger partial charge in [-0.1, -0.05) is 17.4 Å². The van der Waals surface area contributed by atoms with Gasteiger partial charge in [0.2, 0.25) is 0 Å². The van der Waals surface area contributed by atoms with Gasteiger partial charge in [-0.2, -0.15) is 4.99 Å². The van der Waals surface area contributed by atoms with Crippen molar-refractivity contribution >= 4 is 37.3 Å². The first-order valence-electron chi connectivity index (χ1n) is 9.71. The van der Waals surface area contributed by atoms with Crippen molar-refractivity contribution in [1.82, 2.24) is 4.57 Å². The van der Waals surface area contributed by atoms with Crippen molar-refractivity contribution in [3.8, 4) is 11.5 Å². The SMILES string of the molecule is C=CCn1c(=NC(=O)c2ccc(OCC)c(OCC)c2)sc2cc(S(C)(=O)=O)ccc21. The number of amides is 1. The van der Waals surface area contributed by atoms with E-state index in [0.29, 0.717) is 41.6 Å². The minimum atomic E-state index is -3.34. The van der Waals surface area contributed by atoms with Gasteiger partial charge < -0.3 is 14.0 Å². The van der Waals surface area contributed by atoms with Crippen molar-refractivity contribution in [3.63, 3.8) is 0 Å². The summed E-state index contributed by atoms with van der Waals surface area (Å²) in [5.41, 5.74) is 1.15. The second-order valence-electron chi connectivity index (χ2n) is 6.63. The maximum Gasteiger partial charge on any atom is 0.279 e. The van der Waals surface area contributed by atoms with E-state index >= 15 is 0 Å². The normalized spacial score (nSPS) is 12.2. The van der Waals surface area contributed by atoms with E-state index in [1.165, 1.54) is 11.3 Å². The molecule has 9 heteroatoms. The largest absolute Gasteiger partial charge is 0.490 e. The molecule has 0 saturated carbocycles. The highest BCUT2D eigenvalue weighted by Gasteiger charge is 2.14. The fraction of sp³-hybridized carbons (Fsp3) is 0.273. The molecule has 7 nitrogen and oxygen atoms in total. The van der Waals surface area contributed by atoms with Gasteiger partial charge in [-0.3, -0.25) is 4.79 Å². The Bertz CT molecular complexity index is 1300. The van der Waals surface area contributed by atoms with E-state index < -0.39 is 15.7 Å². The second kappa shape index (κ2) is 9.49. The molecule has 1 heterocycles. The molecule has 2 aromatic carbocycles. The third-order valence-corrected chi connectivity index (χ3v) is 6.53. The molecule has 0 bridgehead atoms. The zero-order valence-electron chi connectivity index (χ0n) is 17.6. The number of fused-ring (bicyclic) bond motifs is 1. The van der Waals surface area contributed by atoms with Gasteiger partial charge >= 0.3 is 0 Å². The zero-order valence-corrected chi connectivity index (χ0v) is 19.3. The fourth-order valence-corrected chi connectivity index (χ4v) is 4.81. The van der Waals surface area contributed by atoms with Crippen LogP contribution < -0.4 is 14.3 Å². The van der Waals surface area contributed by atoms with Gasteiger partial charge in [0.05, 0.1) is 28.3 Å². The van der Waals surface area contributed by atoms with E-state index in [9.17, 15) is 13.2 Å². The van der Waals surface area contributed by atoms with Crippen LogP contribution in [-0.4, -0.2) is 38.4 Å². The number of rotatable bonds is 8. The molecule has 0 radical (unpaired) electrons. The number of carbonyl (C=O) groups excluding carboxylic acids is 1. The van der Waals surface area contributed by atoms with Crippen LogP contribution in [0.3, 0.4) is 0 Å². The smallest absolute Gasteiger partial charge is 0.279 e. The lowest BCUT2D eigenvalue weighted by Crippen LogP contribution is -2.16. The summed E-state index contributed by atoms with van der Waals surface area (Å²) < 4.78 is 37.5. The molecule has 1 amide bonds. The Kier molecular flexibility index (Phi) is 6.97. The Morgan fingerprint density at radius 1 is 1.13 bits per heavy atom. The molecule has 0 aliphatic rings. The number of benzene rings is 2. The average molecular weight is 461 g/mol. The van der Waals surface area contributed by atoms with Crippen LogP contribution >= 0.6 is 11.3 Å². The van der Waals surface area contributed by atoms with Gasteiger partial charge in [0.25, 0.3) is 5.91 Å². The molecule has 0 atom stereocenters. The fourth-order valence-electron chi connectivity index (χ4n) is 3.01. The summed E-state index contributed by atoms with van der Waals surface area (Å²) in [4.78, 5) is 17.9. The first kappa shape index (κ1) is 22.8. The number of ether oxygens (including phenoxy) is 2. The number of nitrogens with zero attached hydrogens (tertiary/aromatic N) is 2. The standard InChI is InChI=1S/C22H24N2O5S2/c1-5-12-24-17-10-9-16(31(4,26)27)14-20(17)30-22(24)23-21(25)15-8-11-18(28-6-2)19(13-15)29-7-3/h5,8-11,13-14H,1,6-7,12H2,2-4H3. The number of sulfone groups is 1. The predicted molar refractivity (Wildman–Crippen MR) is 122 cm³/mol. The number of hydrogen-bond acceptors (Lipinski definition) is 6. The van der Waals surface area contributed by atoms with Gasteiger partial charge in [0, 0.05) is 18.4 Å². The molecule has 0 saturated heterocycles. The van der Waals surface area contributed by atoms with Crippen LogP contribution in [-0.2, 0) is 16.4 Å². The number of carbonyl (C=O) groups is 1. The second-order valence-corrected chi connectivity index (χ2v) is 9.65. The molecule has 0 aliphatic carbocycles. The molecule has 3 rings (SSSR count). The van der Waals surface area contributed by atoms with Gasteiger partial charge in [-0.25, -0.2) is 8.42 Å². The lowest BCUT2D eigenvalue weighted by Gasteiger charge is -2.11. The minimum Gasteiger partial charge on any atom is -0.490 e. The van der Waals surface area contributed by atoms with Crippen molar-refractivity contribution in [3.05, 3.63) is 59.4 Å². The lowest BCUT2D eigenvalue weighted by atomic mass is 10.2. The summed E-state index contributed by atoms with van der Waals surface area (Å²) >= 11 is 1.25. The summed E-state index contributed by atoms with van der Waals surface area (Å²) in [5, 5.41) is 0. The van der Waals surface area contributed by atoms with Crippen molar-refractivity contribution in [1.29, 1.82) is 0 Å². The maximum atomic E-state index is 12.9. The summed E-state index contributed by atoms with van der Waals surface area (Å²) in [7, 11) is -3.34. The highest BCUT2D eigenvalue weighted by molar-refractivity contribution is 7.90. The Hall–Kier alpha value is -2.91. The van der Waals surface area contributed by atoms with Crippen LogP contribution in [0.15, 0.2) is 58.9 Å². The summed E-state index contributed by atoms with van der Waals surface area (Å²) in [6.07, 6.45) is 2.86. The highest BCUT2D eigenvalue weighted by atomic mass is 32.2. The van der Waals surface area contributed by atoms with Crippen LogP contribution in [0.2, 0.25) is 0 Å². The van der Waals surface area contributed by atoms with E-state index in [2.05, 4.69) is 11.6 Å². The van der Waals surface area contributed by atoms with Crippen LogP contribution in [0.25, 0.3) is 10.2 Å². The van der Waals surface area contributed by atoms with Crippen LogP contribution in [0.4, 0.5) is 0 Å². The predicted octanol–water partition coefficient (Wildman–Crippen LogP) is 3.83. The Morgan fingerprint density at radius 3 is 2.48 bits per heavy atom. The first-order valence-corrected chi connectivity index (χ1v) is 12.4. The Balaban J connectivity index is 2.10. The third kappa shape index (κ3) is 5.05. The summed E-state index contributed by atoms with van der Waals surface area (Å²) in [5.74, 6) is 0.619. The van der Waals surface area contributed by atoms with E-state index in [0.717, 1.165) is 16.5 Å². The topological polar surface area (TPSA) is 87.0 Å². The monoisotopic (exact) mass is 460 g/mol. The number of allylic oxidation sites excluding steroid dienone is 1. The molecule has 31 heavy (non-hydrogen) atoms. The number of thiazole rings is 1. The Morgan fingerprint density at radius 2 is 1.84 bits per heavy atom. The van der Waals surface area contributed by atoms with Crippen LogP contribution in [0.5, 0.6) is 11.5 Å². The van der Waals surface area contributed by atoms with Gasteiger partial charge in [-0.05, 0) is 50.2 Å². The highest BCUT2D eigenvalue weighted by Crippen LogP contribution is 2.29. The molecule has 0 aliphatic heterocycles. The van der Waals surface area contributed by atoms with Gasteiger partial charge in [-0.15, -0.1) is 6.58 Å². The molecule has 0 N–H and O–H groups in total. The zero-order chi connectivity index (χ0) is 22.6. The molecule has 0 spiro atoms. The van der Waals surface area contributed by atoms with Crippen molar-refractivity contribution in [2.24, 2.45) is 4.99 Å². The molecular weight excluding hydrogens is 436 g/mol. The van der Waals surface area contributed by atoms with E-state index in [4.69, 9.17) is 9.47 Å². The molecule has 1 aromatic heterocycles. The van der Waals surface area contributed by atoms with Gasteiger partial charge in [0.1, 0.15) is 0 Å². The minimum absolute atomic E-state index is 0.220. The molecule has 3 aromatic rings. The summed E-state index contributed by atoms with van der Waals surface area (Å²) in [6.45, 7) is 8.85. The third-order valence-electron chi connectivity index (χ3n) is 4.38. The van der Waals surface area contributed by atoms with Gasteiger partial charge in [0.15, 0.2) is 26.1 Å². The van der Waals surface area contributed by atoms with Crippen molar-refractivity contribution in [2.75, 3.05) is 19.5 Å². The summed E-state index contributed by atoms with van der Waals surface area (Å²) in [6, 6.07) is 9.83. The van der Waals surface area contributed by atoms with E-state index in [1.54, 1.807) is 42.5 Å². The molecule has 0 unspecified atom stereocenters. The van der Waals surface area contributed by atoms with E-state index in [-0.39, 0.29) is 4.90 Å². The van der Waals surface area contributed by atoms with Crippen molar-refractivity contribution < 1.29 is 22.7 Å². The quantitative estimate of drug-likeness (QED) is 0.477. The Labute approximate surface area is 185 Å². The molecule has 164 valence electrons. The number of aromatic nitrogens is 1. The lowest BCUT2D eigenvalue weighted by molar-refractivity contribution is 0.0997. The van der Waals surface area contributed by atoms with Crippen molar-refractivity contribution in [2.45, 2.75) is 25.3 Å². The maximum absolute atomic E-state index is 12.9. The average Bonchev–Trinajstić information content (AvgIpc) is 3.05. The first-order chi connectivity index (χ1) is 14.8. The van der Waals surface area contributed by atoms with Crippen LogP contribution in [0.1, 0.15) is 24.2 Å². The molecule has 0 fully saturated rings. The van der Waals surface area contributed by atoms with E-state index in [1.807, 2.05) is 18.4 Å². The number of hydrogen-bond donors (Lipinski definition) is 0. The van der Waals surface area contributed by atoms with Crippen LogP contribution in [0, 0.1) is 0 Å². The molecular formula is C22H24N2O5S2.